The molecule has 0 aliphatic rings. The summed E-state index contributed by atoms with van der Waals surface area (Å²) in [6.07, 6.45) is 0. The molecule has 0 radical (unpaired) electrons. The second-order valence-corrected chi connectivity index (χ2v) is 6.40. The Hall–Kier alpha value is -1.60. The van der Waals surface area contributed by atoms with Gasteiger partial charge >= 0.3 is 5.97 Å². The van der Waals surface area contributed by atoms with Gasteiger partial charge in [-0.25, -0.2) is 9.48 Å². The lowest BCUT2D eigenvalue weighted by Crippen LogP contribution is -2.21. The molecule has 0 fully saturated rings. The first kappa shape index (κ1) is 15.3. The summed E-state index contributed by atoms with van der Waals surface area (Å²) in [4.78, 5) is 23.8. The van der Waals surface area contributed by atoms with Crippen LogP contribution in [0.2, 0.25) is 15.1 Å². The number of halogens is 3. The summed E-state index contributed by atoms with van der Waals surface area (Å²) in [7, 11) is 0. The maximum atomic E-state index is 12.1. The van der Waals surface area contributed by atoms with Crippen LogP contribution >= 0.6 is 46.1 Å². The number of carboxylic acid groups (broad SMARTS) is 1. The molecule has 2 heterocycles. The highest BCUT2D eigenvalue weighted by Crippen LogP contribution is 2.34. The molecule has 3 rings (SSSR count). The van der Waals surface area contributed by atoms with Crippen molar-refractivity contribution >= 4 is 62.3 Å². The van der Waals surface area contributed by atoms with Crippen LogP contribution in [-0.2, 0) is 0 Å². The minimum absolute atomic E-state index is 0.194. The van der Waals surface area contributed by atoms with Crippen molar-refractivity contribution in [1.29, 1.82) is 0 Å². The molecule has 0 amide bonds. The number of nitrogens with zero attached hydrogens (tertiary/aromatic N) is 2. The van der Waals surface area contributed by atoms with Gasteiger partial charge < -0.3 is 5.11 Å². The van der Waals surface area contributed by atoms with Gasteiger partial charge in [0.1, 0.15) is 10.5 Å². The van der Waals surface area contributed by atoms with Crippen LogP contribution < -0.4 is 5.43 Å². The number of aromatic nitrogens is 2. The second kappa shape index (κ2) is 5.55. The molecule has 3 aromatic rings. The van der Waals surface area contributed by atoms with Crippen molar-refractivity contribution in [1.82, 2.24) is 9.78 Å². The molecule has 2 aromatic heterocycles. The second-order valence-electron chi connectivity index (χ2n) is 4.25. The van der Waals surface area contributed by atoms with E-state index in [9.17, 15) is 9.59 Å². The molecule has 1 N–H and O–H groups in total. The van der Waals surface area contributed by atoms with Gasteiger partial charge in [0.15, 0.2) is 0 Å². The highest BCUT2D eigenvalue weighted by Gasteiger charge is 2.20. The van der Waals surface area contributed by atoms with Crippen LogP contribution in [0.1, 0.15) is 10.5 Å². The lowest BCUT2D eigenvalue weighted by Gasteiger charge is -2.12. The number of aromatic carboxylic acids is 1. The molecule has 0 saturated carbocycles. The van der Waals surface area contributed by atoms with Crippen LogP contribution in [-0.4, -0.2) is 20.9 Å². The average molecular weight is 376 g/mol. The minimum Gasteiger partial charge on any atom is -0.476 e. The van der Waals surface area contributed by atoms with E-state index in [2.05, 4.69) is 5.10 Å². The molecule has 0 unspecified atom stereocenters. The predicted molar refractivity (Wildman–Crippen MR) is 87.2 cm³/mol. The van der Waals surface area contributed by atoms with Gasteiger partial charge in [0, 0.05) is 5.02 Å². The number of carbonyl (C=O) groups is 1. The topological polar surface area (TPSA) is 72.2 Å². The number of thiophene rings is 1. The first-order valence-electron chi connectivity index (χ1n) is 5.79. The van der Waals surface area contributed by atoms with E-state index < -0.39 is 17.1 Å². The first-order chi connectivity index (χ1) is 10.4. The lowest BCUT2D eigenvalue weighted by molar-refractivity contribution is 0.0687. The standard InChI is InChI=1S/C13H5Cl3N2O3S/c14-5-3-7(15)10(8(16)4-5)18-12-6(1-2-22-12)11(19)9(17-18)13(20)21/h1-4H,(H,20,21). The fourth-order valence-electron chi connectivity index (χ4n) is 1.98. The summed E-state index contributed by atoms with van der Waals surface area (Å²) in [6, 6.07) is 4.46. The van der Waals surface area contributed by atoms with Crippen LogP contribution in [0.4, 0.5) is 0 Å². The minimum atomic E-state index is -1.42. The van der Waals surface area contributed by atoms with Gasteiger partial charge in [-0.2, -0.15) is 5.10 Å². The van der Waals surface area contributed by atoms with Gasteiger partial charge in [-0.1, -0.05) is 34.8 Å². The van der Waals surface area contributed by atoms with Crippen molar-refractivity contribution in [2.24, 2.45) is 0 Å². The lowest BCUT2D eigenvalue weighted by atomic mass is 10.2. The summed E-state index contributed by atoms with van der Waals surface area (Å²) in [5.74, 6) is -1.42. The Morgan fingerprint density at radius 3 is 2.45 bits per heavy atom. The highest BCUT2D eigenvalue weighted by atomic mass is 35.5. The molecule has 1 aromatic carbocycles. The zero-order chi connectivity index (χ0) is 16.0. The molecule has 0 aliphatic carbocycles. The number of hydrogen-bond acceptors (Lipinski definition) is 4. The Balaban J connectivity index is 2.47. The Bertz CT molecular complexity index is 957. The van der Waals surface area contributed by atoms with Crippen molar-refractivity contribution < 1.29 is 9.90 Å². The maximum Gasteiger partial charge on any atom is 0.360 e. The van der Waals surface area contributed by atoms with Gasteiger partial charge in [-0.3, -0.25) is 4.79 Å². The Kier molecular flexibility index (Phi) is 3.86. The van der Waals surface area contributed by atoms with E-state index in [1.807, 2.05) is 0 Å². The maximum absolute atomic E-state index is 12.1. The van der Waals surface area contributed by atoms with E-state index in [0.717, 1.165) is 0 Å². The van der Waals surface area contributed by atoms with Crippen LogP contribution in [0.5, 0.6) is 0 Å². The molecule has 0 spiro atoms. The van der Waals surface area contributed by atoms with Gasteiger partial charge in [0.05, 0.1) is 15.4 Å². The van der Waals surface area contributed by atoms with Crippen molar-refractivity contribution in [3.8, 4) is 5.69 Å². The van der Waals surface area contributed by atoms with E-state index in [4.69, 9.17) is 39.9 Å². The van der Waals surface area contributed by atoms with E-state index in [0.29, 0.717) is 9.85 Å². The van der Waals surface area contributed by atoms with Crippen molar-refractivity contribution in [2.75, 3.05) is 0 Å². The number of fused-ring (bicyclic) bond motifs is 1. The van der Waals surface area contributed by atoms with E-state index in [-0.39, 0.29) is 21.1 Å². The fourth-order valence-corrected chi connectivity index (χ4v) is 3.81. The summed E-state index contributed by atoms with van der Waals surface area (Å²) in [5.41, 5.74) is -0.989. The SMILES string of the molecule is O=C(O)c1nn(-c2c(Cl)cc(Cl)cc2Cl)c2sccc2c1=O. The molecule has 0 atom stereocenters. The molecule has 9 heteroatoms. The highest BCUT2D eigenvalue weighted by molar-refractivity contribution is 7.16. The van der Waals surface area contributed by atoms with Crippen LogP contribution in [0.3, 0.4) is 0 Å². The molecule has 112 valence electrons. The average Bonchev–Trinajstić information content (AvgIpc) is 2.89. The third-order valence-corrected chi connectivity index (χ3v) is 4.58. The Morgan fingerprint density at radius 2 is 1.86 bits per heavy atom. The van der Waals surface area contributed by atoms with Gasteiger partial charge in [-0.05, 0) is 23.6 Å². The normalized spacial score (nSPS) is 11.0. The molecule has 22 heavy (non-hydrogen) atoms. The van der Waals surface area contributed by atoms with E-state index in [1.165, 1.54) is 34.2 Å². The molecule has 0 bridgehead atoms. The number of carboxylic acids is 1. The Morgan fingerprint density at radius 1 is 1.23 bits per heavy atom. The summed E-state index contributed by atoms with van der Waals surface area (Å²) in [6.45, 7) is 0. The Labute approximate surface area is 142 Å². The van der Waals surface area contributed by atoms with Crippen LogP contribution in [0.15, 0.2) is 28.4 Å². The molecule has 0 aliphatic heterocycles. The zero-order valence-corrected chi connectivity index (χ0v) is 13.6. The molecule has 5 nitrogen and oxygen atoms in total. The third kappa shape index (κ3) is 2.38. The summed E-state index contributed by atoms with van der Waals surface area (Å²) < 4.78 is 1.26. The van der Waals surface area contributed by atoms with Crippen LogP contribution in [0, 0.1) is 0 Å². The largest absolute Gasteiger partial charge is 0.476 e. The molecule has 0 saturated heterocycles. The number of rotatable bonds is 2. The third-order valence-electron chi connectivity index (χ3n) is 2.89. The summed E-state index contributed by atoms with van der Waals surface area (Å²) >= 11 is 19.4. The van der Waals surface area contributed by atoms with Gasteiger partial charge in [-0.15, -0.1) is 11.3 Å². The van der Waals surface area contributed by atoms with Crippen molar-refractivity contribution in [3.05, 3.63) is 54.6 Å². The number of hydrogen-bond donors (Lipinski definition) is 1. The predicted octanol–water partition coefficient (Wildman–Crippen LogP) is 4.11. The zero-order valence-electron chi connectivity index (χ0n) is 10.5. The summed E-state index contributed by atoms with van der Waals surface area (Å²) in [5, 5.41) is 15.7. The van der Waals surface area contributed by atoms with Gasteiger partial charge in [0.2, 0.25) is 11.1 Å². The molecular weight excluding hydrogens is 371 g/mol. The van der Waals surface area contributed by atoms with E-state index in [1.54, 1.807) is 5.38 Å². The smallest absolute Gasteiger partial charge is 0.360 e. The number of benzene rings is 1. The van der Waals surface area contributed by atoms with Crippen LogP contribution in [0.25, 0.3) is 15.9 Å². The monoisotopic (exact) mass is 374 g/mol. The van der Waals surface area contributed by atoms with Crippen molar-refractivity contribution in [3.63, 3.8) is 0 Å². The van der Waals surface area contributed by atoms with E-state index >= 15 is 0 Å². The van der Waals surface area contributed by atoms with Gasteiger partial charge in [0.25, 0.3) is 0 Å². The fraction of sp³-hybridized carbons (Fsp3) is 0. The quantitative estimate of drug-likeness (QED) is 0.732. The first-order valence-corrected chi connectivity index (χ1v) is 7.80. The van der Waals surface area contributed by atoms with Crippen molar-refractivity contribution in [2.45, 2.75) is 0 Å². The molecular formula is C13H5Cl3N2O3S.